The van der Waals surface area contributed by atoms with E-state index in [-0.39, 0.29) is 40.0 Å². The van der Waals surface area contributed by atoms with Crippen molar-refractivity contribution in [2.45, 2.75) is 13.8 Å². The predicted octanol–water partition coefficient (Wildman–Crippen LogP) is 10.9. The number of pyridine rings is 2. The van der Waals surface area contributed by atoms with E-state index in [1.165, 1.54) is 23.0 Å². The van der Waals surface area contributed by atoms with Gasteiger partial charge in [0, 0.05) is 10.6 Å². The minimum absolute atomic E-state index is 0.103. The summed E-state index contributed by atoms with van der Waals surface area (Å²) in [5.74, 6) is 0.390. The fraction of sp³-hybridized carbons (Fsp3) is 0.100. The first-order valence-corrected chi connectivity index (χ1v) is 17.0. The van der Waals surface area contributed by atoms with Gasteiger partial charge in [-0.05, 0) is 85.1 Å². The topological polar surface area (TPSA) is 171 Å². The Hall–Kier alpha value is -7.55. The molecule has 0 unspecified atom stereocenters. The number of methoxy groups -OCH3 is 2. The number of nitriles is 1. The number of rotatable bonds is 7. The lowest BCUT2D eigenvalue weighted by Crippen LogP contribution is -1.95. The van der Waals surface area contributed by atoms with Gasteiger partial charge in [-0.3, -0.25) is 8.80 Å². The van der Waals surface area contributed by atoms with E-state index in [4.69, 9.17) is 27.6 Å². The maximum atomic E-state index is 11.3. The predicted molar refractivity (Wildman–Crippen MR) is 208 cm³/mol. The lowest BCUT2D eigenvalue weighted by molar-refractivity contribution is 0.415. The number of benzene rings is 4. The van der Waals surface area contributed by atoms with Crippen molar-refractivity contribution < 1.29 is 19.7 Å². The number of imidazole rings is 2. The van der Waals surface area contributed by atoms with E-state index in [2.05, 4.69) is 41.3 Å². The molecular weight excluding hydrogens is 720 g/mol. The number of ether oxygens (including phenoxy) is 2. The molecule has 4 aromatic heterocycles. The Morgan fingerprint density at radius 1 is 0.727 bits per heavy atom. The van der Waals surface area contributed by atoms with Crippen LogP contribution in [0.2, 0.25) is 5.02 Å². The highest BCUT2D eigenvalue weighted by atomic mass is 35.5. The number of aromatic hydroxyl groups is 2. The molecule has 0 bridgehead atoms. The average molecular weight is 747 g/mol. The average Bonchev–Trinajstić information content (AvgIpc) is 3.77. The number of para-hydroxylation sites is 2. The first kappa shape index (κ1) is 34.5. The fourth-order valence-electron chi connectivity index (χ4n) is 6.54. The summed E-state index contributed by atoms with van der Waals surface area (Å²) in [7, 11) is 3.02. The van der Waals surface area contributed by atoms with Gasteiger partial charge in [-0.2, -0.15) is 5.26 Å². The van der Waals surface area contributed by atoms with Gasteiger partial charge in [0.2, 0.25) is 17.4 Å². The van der Waals surface area contributed by atoms with E-state index in [0.717, 1.165) is 11.1 Å². The Morgan fingerprint density at radius 2 is 1.29 bits per heavy atom. The lowest BCUT2D eigenvalue weighted by atomic mass is 10.0. The third kappa shape index (κ3) is 5.56. The van der Waals surface area contributed by atoms with Crippen molar-refractivity contribution in [2.24, 2.45) is 20.5 Å². The third-order valence-corrected chi connectivity index (χ3v) is 9.57. The monoisotopic (exact) mass is 746 g/mol. The molecule has 4 aromatic carbocycles. The van der Waals surface area contributed by atoms with Gasteiger partial charge >= 0.3 is 0 Å². The van der Waals surface area contributed by atoms with Crippen LogP contribution in [0.15, 0.2) is 99.3 Å². The van der Waals surface area contributed by atoms with E-state index >= 15 is 0 Å². The van der Waals surface area contributed by atoms with Crippen molar-refractivity contribution in [3.8, 4) is 40.5 Å². The summed E-state index contributed by atoms with van der Waals surface area (Å²) in [5.41, 5.74) is 6.86. The van der Waals surface area contributed by atoms with Crippen LogP contribution < -0.4 is 9.47 Å². The Balaban J connectivity index is 1.13. The van der Waals surface area contributed by atoms with Gasteiger partial charge in [-0.1, -0.05) is 35.9 Å². The zero-order chi connectivity index (χ0) is 38.5. The Labute approximate surface area is 317 Å². The summed E-state index contributed by atoms with van der Waals surface area (Å²) in [6.45, 7) is 11.2. The summed E-state index contributed by atoms with van der Waals surface area (Å²) in [5, 5.41) is 50.7. The molecule has 2 N–H and O–H groups in total. The Morgan fingerprint density at radius 3 is 1.89 bits per heavy atom. The van der Waals surface area contributed by atoms with Gasteiger partial charge in [-0.15, -0.1) is 20.5 Å². The van der Waals surface area contributed by atoms with Crippen molar-refractivity contribution in [1.82, 2.24) is 18.8 Å². The first-order chi connectivity index (χ1) is 26.7. The van der Waals surface area contributed by atoms with Crippen molar-refractivity contribution in [2.75, 3.05) is 14.2 Å². The van der Waals surface area contributed by atoms with Crippen LogP contribution >= 0.6 is 11.6 Å². The van der Waals surface area contributed by atoms with Crippen LogP contribution in [0, 0.1) is 31.8 Å². The molecule has 8 aromatic rings. The number of hydrogen-bond acceptors (Lipinski definition) is 11. The van der Waals surface area contributed by atoms with Gasteiger partial charge in [0.25, 0.3) is 0 Å². The zero-order valence-electron chi connectivity index (χ0n) is 29.6. The second kappa shape index (κ2) is 13.5. The molecule has 8 rings (SSSR count). The van der Waals surface area contributed by atoms with Crippen LogP contribution in [0.3, 0.4) is 0 Å². The largest absolute Gasteiger partial charge is 0.494 e. The Bertz CT molecular complexity index is 3060. The number of fused-ring (bicyclic) bond motifs is 6. The molecule has 0 spiro atoms. The van der Waals surface area contributed by atoms with Crippen LogP contribution in [0.1, 0.15) is 16.7 Å². The summed E-state index contributed by atoms with van der Waals surface area (Å²) in [6, 6.07) is 25.2. The van der Waals surface area contributed by atoms with Crippen molar-refractivity contribution >= 4 is 73.4 Å². The molecule has 0 saturated heterocycles. The molecule has 268 valence electrons. The SMILES string of the molecule is [C-]#[N+]c1c(C)c(N=Nc2ccc(-c3ccc(N=Nc4c(C)c(C#N)c5nc6cc(Cl)ccc6n5c4O)c(OC)c3)cc2OC)c(O)n2c1nc1ccccc12. The molecule has 0 amide bonds. The lowest BCUT2D eigenvalue weighted by Gasteiger charge is -2.11. The molecule has 14 nitrogen and oxygen atoms in total. The number of azo groups is 2. The number of halogens is 1. The molecule has 15 heteroatoms. The van der Waals surface area contributed by atoms with E-state index in [1.807, 2.05) is 36.4 Å². The second-order valence-corrected chi connectivity index (χ2v) is 12.8. The van der Waals surface area contributed by atoms with Crippen LogP contribution in [0.5, 0.6) is 23.3 Å². The van der Waals surface area contributed by atoms with E-state index in [0.29, 0.717) is 66.7 Å². The number of aromatic nitrogens is 4. The van der Waals surface area contributed by atoms with Gasteiger partial charge in [0.15, 0.2) is 11.3 Å². The van der Waals surface area contributed by atoms with Gasteiger partial charge in [-0.25, -0.2) is 14.8 Å². The molecule has 55 heavy (non-hydrogen) atoms. The minimum Gasteiger partial charge on any atom is -0.494 e. The van der Waals surface area contributed by atoms with Crippen LogP contribution in [-0.2, 0) is 0 Å². The molecule has 4 heterocycles. The maximum absolute atomic E-state index is 11.3. The molecule has 0 radical (unpaired) electrons. The standard InChI is InChI=1S/C40H27ClN10O4/c1-20-25(19-42)37-45-29-18-24(41)12-15-31(29)50(37)39(52)35(20)48-46-27-13-10-22(16-32(27)54-4)23-11-14-28(33(17-23)55-5)47-49-36-21(2)34(43-3)38-44-26-8-6-7-9-30(26)51(38)40(36)53/h6-18,52-53H,1-2,4-5H3. The normalized spacial score (nSPS) is 11.7. The number of nitrogens with zero attached hydrogens (tertiary/aromatic N) is 10. The van der Waals surface area contributed by atoms with Crippen LogP contribution in [0.25, 0.3) is 49.3 Å². The highest BCUT2D eigenvalue weighted by molar-refractivity contribution is 6.31. The third-order valence-electron chi connectivity index (χ3n) is 9.33. The summed E-state index contributed by atoms with van der Waals surface area (Å²) in [6.07, 6.45) is 0. The van der Waals surface area contributed by atoms with Gasteiger partial charge in [0.1, 0.15) is 45.8 Å². The summed E-state index contributed by atoms with van der Waals surface area (Å²) < 4.78 is 14.3. The highest BCUT2D eigenvalue weighted by Crippen LogP contribution is 2.44. The molecule has 0 aliphatic rings. The van der Waals surface area contributed by atoms with Crippen molar-refractivity contribution in [3.63, 3.8) is 0 Å². The molecule has 0 saturated carbocycles. The molecule has 0 aliphatic carbocycles. The highest BCUT2D eigenvalue weighted by Gasteiger charge is 2.23. The minimum atomic E-state index is -0.229. The zero-order valence-corrected chi connectivity index (χ0v) is 30.3. The van der Waals surface area contributed by atoms with E-state index < -0.39 is 0 Å². The van der Waals surface area contributed by atoms with Gasteiger partial charge in [0.05, 0.1) is 42.9 Å². The van der Waals surface area contributed by atoms with Crippen LogP contribution in [-0.4, -0.2) is 43.2 Å². The van der Waals surface area contributed by atoms with Crippen LogP contribution in [0.4, 0.5) is 28.4 Å². The van der Waals surface area contributed by atoms with Gasteiger partial charge < -0.3 is 19.7 Å². The Kier molecular flexibility index (Phi) is 8.45. The van der Waals surface area contributed by atoms with E-state index in [1.54, 1.807) is 56.3 Å². The van der Waals surface area contributed by atoms with Crippen molar-refractivity contribution in [1.29, 1.82) is 5.26 Å². The number of hydrogen-bond donors (Lipinski definition) is 2. The molecule has 0 aliphatic heterocycles. The van der Waals surface area contributed by atoms with E-state index in [9.17, 15) is 15.5 Å². The fourth-order valence-corrected chi connectivity index (χ4v) is 6.71. The quantitative estimate of drug-likeness (QED) is 0.121. The first-order valence-electron chi connectivity index (χ1n) is 16.6. The summed E-state index contributed by atoms with van der Waals surface area (Å²) >= 11 is 6.16. The second-order valence-electron chi connectivity index (χ2n) is 12.4. The maximum Gasteiger partial charge on any atom is 0.234 e. The van der Waals surface area contributed by atoms with Crippen molar-refractivity contribution in [3.05, 3.63) is 112 Å². The molecule has 0 fully saturated rings. The molecular formula is C40H27ClN10O4. The summed E-state index contributed by atoms with van der Waals surface area (Å²) in [4.78, 5) is 12.8. The smallest absolute Gasteiger partial charge is 0.234 e. The molecule has 0 atom stereocenters.